The molecular formula is C12H15N5OS. The van der Waals surface area contributed by atoms with Gasteiger partial charge >= 0.3 is 0 Å². The number of anilines is 1. The van der Waals surface area contributed by atoms with E-state index < -0.39 is 0 Å². The molecule has 1 heterocycles. The molecule has 3 N–H and O–H groups in total. The molecule has 1 aliphatic rings. The summed E-state index contributed by atoms with van der Waals surface area (Å²) in [6, 6.07) is 2.13. The molecule has 0 aromatic carbocycles. The number of nitrogens with one attached hydrogen (secondary N) is 1. The van der Waals surface area contributed by atoms with Crippen LogP contribution in [0.5, 0.6) is 0 Å². The summed E-state index contributed by atoms with van der Waals surface area (Å²) in [6.45, 7) is 2.02. The molecule has 0 saturated heterocycles. The molecule has 2 rings (SSSR count). The molecule has 6 nitrogen and oxygen atoms in total. The highest BCUT2D eigenvalue weighted by Crippen LogP contribution is 2.32. The van der Waals surface area contributed by atoms with E-state index >= 15 is 0 Å². The van der Waals surface area contributed by atoms with Crippen molar-refractivity contribution in [1.82, 2.24) is 15.3 Å². The lowest BCUT2D eigenvalue weighted by molar-refractivity contribution is -0.119. The van der Waals surface area contributed by atoms with E-state index in [0.29, 0.717) is 11.1 Å². The van der Waals surface area contributed by atoms with E-state index in [1.807, 2.05) is 13.0 Å². The number of nitrogens with two attached hydrogens (primary N) is 1. The van der Waals surface area contributed by atoms with Crippen molar-refractivity contribution in [1.29, 1.82) is 5.26 Å². The topological polar surface area (TPSA) is 105 Å². The van der Waals surface area contributed by atoms with Crippen LogP contribution in [0.25, 0.3) is 0 Å². The second kappa shape index (κ2) is 5.89. The molecule has 1 saturated carbocycles. The number of aromatic nitrogens is 2. The van der Waals surface area contributed by atoms with E-state index in [4.69, 9.17) is 11.0 Å². The number of nitrogens with zero attached hydrogens (tertiary/aromatic N) is 3. The Morgan fingerprint density at radius 1 is 1.74 bits per heavy atom. The van der Waals surface area contributed by atoms with Gasteiger partial charge in [-0.2, -0.15) is 5.26 Å². The number of carbonyl (C=O) groups is 1. The van der Waals surface area contributed by atoms with Crippen molar-refractivity contribution < 1.29 is 4.79 Å². The van der Waals surface area contributed by atoms with Crippen LogP contribution in [-0.2, 0) is 4.79 Å². The Hall–Kier alpha value is -1.81. The molecule has 1 fully saturated rings. The largest absolute Gasteiger partial charge is 0.382 e. The van der Waals surface area contributed by atoms with Crippen LogP contribution in [-0.4, -0.2) is 27.7 Å². The summed E-state index contributed by atoms with van der Waals surface area (Å²) in [5.41, 5.74) is 5.83. The zero-order valence-corrected chi connectivity index (χ0v) is 11.4. The van der Waals surface area contributed by atoms with Crippen molar-refractivity contribution in [2.75, 3.05) is 11.5 Å². The molecule has 1 atom stereocenters. The van der Waals surface area contributed by atoms with Crippen LogP contribution in [0.15, 0.2) is 11.4 Å². The molecule has 0 aliphatic heterocycles. The minimum Gasteiger partial charge on any atom is -0.382 e. The van der Waals surface area contributed by atoms with Crippen LogP contribution in [0.4, 0.5) is 5.82 Å². The molecular weight excluding hydrogens is 262 g/mol. The van der Waals surface area contributed by atoms with E-state index in [9.17, 15) is 4.79 Å². The first kappa shape index (κ1) is 13.6. The average molecular weight is 277 g/mol. The van der Waals surface area contributed by atoms with E-state index in [1.165, 1.54) is 30.8 Å². The highest BCUT2D eigenvalue weighted by molar-refractivity contribution is 7.99. The van der Waals surface area contributed by atoms with Gasteiger partial charge in [0.2, 0.25) is 5.91 Å². The van der Waals surface area contributed by atoms with Crippen molar-refractivity contribution in [3.05, 3.63) is 11.8 Å². The minimum absolute atomic E-state index is 0.0315. The molecule has 0 bridgehead atoms. The number of rotatable bonds is 5. The van der Waals surface area contributed by atoms with Crippen molar-refractivity contribution in [3.8, 4) is 6.07 Å². The van der Waals surface area contributed by atoms with Crippen LogP contribution in [0.2, 0.25) is 0 Å². The minimum atomic E-state index is -0.0315. The zero-order valence-electron chi connectivity index (χ0n) is 10.6. The number of hydrogen-bond donors (Lipinski definition) is 2. The van der Waals surface area contributed by atoms with Gasteiger partial charge in [-0.15, -0.1) is 0 Å². The van der Waals surface area contributed by atoms with E-state index in [2.05, 4.69) is 15.3 Å². The zero-order chi connectivity index (χ0) is 13.8. The van der Waals surface area contributed by atoms with Gasteiger partial charge in [0.1, 0.15) is 17.5 Å². The number of hydrogen-bond acceptors (Lipinski definition) is 6. The summed E-state index contributed by atoms with van der Waals surface area (Å²) in [7, 11) is 0. The lowest BCUT2D eigenvalue weighted by atomic mass is 10.2. The van der Waals surface area contributed by atoms with Gasteiger partial charge in [0.25, 0.3) is 0 Å². The van der Waals surface area contributed by atoms with E-state index in [0.717, 1.165) is 0 Å². The van der Waals surface area contributed by atoms with Crippen LogP contribution in [0.3, 0.4) is 0 Å². The van der Waals surface area contributed by atoms with E-state index in [-0.39, 0.29) is 29.1 Å². The van der Waals surface area contributed by atoms with Gasteiger partial charge in [-0.05, 0) is 25.7 Å². The molecule has 7 heteroatoms. The number of nitriles is 1. The van der Waals surface area contributed by atoms with Gasteiger partial charge < -0.3 is 11.1 Å². The Labute approximate surface area is 115 Å². The fraction of sp³-hybridized carbons (Fsp3) is 0.500. The van der Waals surface area contributed by atoms with Crippen LogP contribution in [0.1, 0.15) is 25.3 Å². The summed E-state index contributed by atoms with van der Waals surface area (Å²) >= 11 is 1.21. The molecule has 0 spiro atoms. The smallest absolute Gasteiger partial charge is 0.230 e. The van der Waals surface area contributed by atoms with Crippen molar-refractivity contribution >= 4 is 23.5 Å². The quantitative estimate of drug-likeness (QED) is 0.613. The Bertz CT molecular complexity index is 523. The lowest BCUT2D eigenvalue weighted by Gasteiger charge is -2.12. The summed E-state index contributed by atoms with van der Waals surface area (Å²) in [5, 5.41) is 12.1. The monoisotopic (exact) mass is 277 g/mol. The second-order valence-electron chi connectivity index (χ2n) is 4.55. The normalized spacial score (nSPS) is 15.6. The Balaban J connectivity index is 1.83. The van der Waals surface area contributed by atoms with Gasteiger partial charge in [0, 0.05) is 6.04 Å². The third kappa shape index (κ3) is 3.83. The summed E-state index contributed by atoms with van der Waals surface area (Å²) < 4.78 is 0. The number of nitrogen functional groups attached to an aromatic ring is 1. The Kier molecular flexibility index (Phi) is 4.22. The lowest BCUT2D eigenvalue weighted by Crippen LogP contribution is -2.35. The van der Waals surface area contributed by atoms with Crippen molar-refractivity contribution in [2.24, 2.45) is 5.92 Å². The van der Waals surface area contributed by atoms with Gasteiger partial charge in [0.15, 0.2) is 5.16 Å². The maximum Gasteiger partial charge on any atom is 0.230 e. The molecule has 1 aromatic heterocycles. The van der Waals surface area contributed by atoms with Crippen molar-refractivity contribution in [3.63, 3.8) is 0 Å². The molecule has 1 aromatic rings. The first-order valence-corrected chi connectivity index (χ1v) is 7.03. The first-order chi connectivity index (χ1) is 9.10. The maximum absolute atomic E-state index is 11.7. The molecule has 1 amide bonds. The SMILES string of the molecule is C[C@@H](NC(=O)CSc1ncc(C#N)c(N)n1)C1CC1. The summed E-state index contributed by atoms with van der Waals surface area (Å²) in [6.07, 6.45) is 3.77. The highest BCUT2D eigenvalue weighted by atomic mass is 32.2. The fourth-order valence-corrected chi connectivity index (χ4v) is 2.31. The molecule has 0 unspecified atom stereocenters. The third-order valence-corrected chi connectivity index (χ3v) is 3.83. The second-order valence-corrected chi connectivity index (χ2v) is 5.49. The predicted octanol–water partition coefficient (Wildman–Crippen LogP) is 0.937. The summed E-state index contributed by atoms with van der Waals surface area (Å²) in [4.78, 5) is 19.6. The van der Waals surface area contributed by atoms with Crippen LogP contribution >= 0.6 is 11.8 Å². The number of carbonyl (C=O) groups excluding carboxylic acids is 1. The van der Waals surface area contributed by atoms with Crippen LogP contribution in [0, 0.1) is 17.2 Å². The Morgan fingerprint density at radius 3 is 3.05 bits per heavy atom. The fourth-order valence-electron chi connectivity index (χ4n) is 1.67. The molecule has 19 heavy (non-hydrogen) atoms. The average Bonchev–Trinajstić information content (AvgIpc) is 3.20. The first-order valence-electron chi connectivity index (χ1n) is 6.05. The van der Waals surface area contributed by atoms with Gasteiger partial charge in [-0.1, -0.05) is 11.8 Å². The molecule has 100 valence electrons. The van der Waals surface area contributed by atoms with Gasteiger partial charge in [0.05, 0.1) is 11.9 Å². The molecule has 0 radical (unpaired) electrons. The van der Waals surface area contributed by atoms with Crippen molar-refractivity contribution in [2.45, 2.75) is 31.0 Å². The molecule has 1 aliphatic carbocycles. The number of amides is 1. The third-order valence-electron chi connectivity index (χ3n) is 2.97. The van der Waals surface area contributed by atoms with Gasteiger partial charge in [-0.3, -0.25) is 4.79 Å². The maximum atomic E-state index is 11.7. The van der Waals surface area contributed by atoms with Gasteiger partial charge in [-0.25, -0.2) is 9.97 Å². The summed E-state index contributed by atoms with van der Waals surface area (Å²) in [5.74, 6) is 1.00. The van der Waals surface area contributed by atoms with E-state index in [1.54, 1.807) is 0 Å². The van der Waals surface area contributed by atoms with Crippen LogP contribution < -0.4 is 11.1 Å². The standard InChI is InChI=1S/C12H15N5OS/c1-7(8-2-3-8)16-10(18)6-19-12-15-5-9(4-13)11(14)17-12/h5,7-8H,2-3,6H2,1H3,(H,16,18)(H2,14,15,17)/t7-/m1/s1. The number of thioether (sulfide) groups is 1. The Morgan fingerprint density at radius 2 is 2.47 bits per heavy atom. The highest BCUT2D eigenvalue weighted by Gasteiger charge is 2.28. The predicted molar refractivity (Wildman–Crippen MR) is 72.2 cm³/mol.